The average molecular weight is 329 g/mol. The smallest absolute Gasteiger partial charge is 0.231 e. The van der Waals surface area contributed by atoms with Crippen LogP contribution in [0.3, 0.4) is 0 Å². The molecule has 0 N–H and O–H groups in total. The fourth-order valence-corrected chi connectivity index (χ4v) is 3.11. The van der Waals surface area contributed by atoms with Gasteiger partial charge in [-0.25, -0.2) is 8.42 Å². The molecule has 5 nitrogen and oxygen atoms in total. The van der Waals surface area contributed by atoms with E-state index >= 15 is 0 Å². The zero-order valence-corrected chi connectivity index (χ0v) is 13.7. The van der Waals surface area contributed by atoms with Crippen LogP contribution in [0.5, 0.6) is 0 Å². The van der Waals surface area contributed by atoms with Crippen LogP contribution < -0.4 is 0 Å². The van der Waals surface area contributed by atoms with Gasteiger partial charge in [-0.2, -0.15) is 0 Å². The zero-order valence-electron chi connectivity index (χ0n) is 12.1. The number of rotatable bonds is 4. The highest BCUT2D eigenvalue weighted by molar-refractivity contribution is 7.89. The summed E-state index contributed by atoms with van der Waals surface area (Å²) in [6, 6.07) is 6.70. The lowest BCUT2D eigenvalue weighted by atomic mass is 9.97. The minimum absolute atomic E-state index is 0.0859. The van der Waals surface area contributed by atoms with E-state index in [1.165, 1.54) is 0 Å². The first-order valence-corrected chi connectivity index (χ1v) is 8.63. The lowest BCUT2D eigenvalue weighted by Gasteiger charge is -2.11. The topological polar surface area (TPSA) is 73.1 Å². The maximum Gasteiger partial charge on any atom is 0.231 e. The van der Waals surface area contributed by atoms with E-state index in [-0.39, 0.29) is 22.8 Å². The highest BCUT2D eigenvalue weighted by Gasteiger charge is 2.24. The Bertz CT molecular complexity index is 715. The summed E-state index contributed by atoms with van der Waals surface area (Å²) in [5, 5.41) is 8.27. The summed E-state index contributed by atoms with van der Waals surface area (Å²) in [6.45, 7) is 5.77. The van der Waals surface area contributed by atoms with Gasteiger partial charge in [-0.05, 0) is 17.7 Å². The van der Waals surface area contributed by atoms with E-state index in [9.17, 15) is 8.42 Å². The molecule has 114 valence electrons. The second kappa shape index (κ2) is 5.77. The minimum atomic E-state index is -3.37. The monoisotopic (exact) mass is 328 g/mol. The standard InChI is InChI=1S/C14H17ClN2O3S/c1-14(2,3)13-17-16-12(20-13)9-21(18,19)8-10-4-6-11(15)7-5-10/h4-7H,8-9H2,1-3H3. The van der Waals surface area contributed by atoms with Crippen LogP contribution in [0, 0.1) is 0 Å². The van der Waals surface area contributed by atoms with Gasteiger partial charge in [0.15, 0.2) is 9.84 Å². The van der Waals surface area contributed by atoms with Crippen molar-refractivity contribution < 1.29 is 12.8 Å². The van der Waals surface area contributed by atoms with Crippen molar-refractivity contribution in [1.82, 2.24) is 10.2 Å². The number of sulfone groups is 1. The van der Waals surface area contributed by atoms with E-state index in [4.69, 9.17) is 16.0 Å². The maximum absolute atomic E-state index is 12.2. The van der Waals surface area contributed by atoms with Gasteiger partial charge in [0, 0.05) is 10.4 Å². The highest BCUT2D eigenvalue weighted by Crippen LogP contribution is 2.21. The van der Waals surface area contributed by atoms with Crippen LogP contribution in [0.15, 0.2) is 28.7 Å². The van der Waals surface area contributed by atoms with Crippen LogP contribution in [-0.4, -0.2) is 18.6 Å². The SMILES string of the molecule is CC(C)(C)c1nnc(CS(=O)(=O)Cc2ccc(Cl)cc2)o1. The molecule has 0 spiro atoms. The molecule has 0 saturated carbocycles. The van der Waals surface area contributed by atoms with E-state index in [1.54, 1.807) is 24.3 Å². The molecular weight excluding hydrogens is 312 g/mol. The number of hydrogen-bond donors (Lipinski definition) is 0. The Morgan fingerprint density at radius 2 is 1.71 bits per heavy atom. The lowest BCUT2D eigenvalue weighted by molar-refractivity contribution is 0.377. The molecule has 2 rings (SSSR count). The molecule has 1 aromatic heterocycles. The Kier molecular flexibility index (Phi) is 4.39. The van der Waals surface area contributed by atoms with Crippen LogP contribution in [0.2, 0.25) is 5.02 Å². The summed E-state index contributed by atoms with van der Waals surface area (Å²) in [7, 11) is -3.37. The summed E-state index contributed by atoms with van der Waals surface area (Å²) in [6.07, 6.45) is 0. The highest BCUT2D eigenvalue weighted by atomic mass is 35.5. The van der Waals surface area contributed by atoms with Crippen LogP contribution in [0.4, 0.5) is 0 Å². The average Bonchev–Trinajstić information content (AvgIpc) is 2.79. The number of hydrogen-bond acceptors (Lipinski definition) is 5. The first-order valence-electron chi connectivity index (χ1n) is 6.43. The third-order valence-electron chi connectivity index (χ3n) is 2.75. The number of benzene rings is 1. The maximum atomic E-state index is 12.2. The zero-order chi connectivity index (χ0) is 15.7. The van der Waals surface area contributed by atoms with Crippen LogP contribution in [0.25, 0.3) is 0 Å². The van der Waals surface area contributed by atoms with Crippen LogP contribution in [-0.2, 0) is 26.8 Å². The van der Waals surface area contributed by atoms with Gasteiger partial charge in [-0.3, -0.25) is 0 Å². The minimum Gasteiger partial charge on any atom is -0.424 e. The van der Waals surface area contributed by atoms with E-state index in [0.717, 1.165) is 0 Å². The normalized spacial score (nSPS) is 12.6. The molecule has 0 aliphatic carbocycles. The molecule has 1 heterocycles. The summed E-state index contributed by atoms with van der Waals surface area (Å²) in [5.74, 6) is 0.198. The van der Waals surface area contributed by atoms with Gasteiger partial charge in [0.05, 0.1) is 5.75 Å². The van der Waals surface area contributed by atoms with Crippen molar-refractivity contribution in [1.29, 1.82) is 0 Å². The molecule has 21 heavy (non-hydrogen) atoms. The third kappa shape index (κ3) is 4.54. The molecule has 0 amide bonds. The van der Waals surface area contributed by atoms with Crippen molar-refractivity contribution in [3.05, 3.63) is 46.6 Å². The van der Waals surface area contributed by atoms with Gasteiger partial charge in [-0.15, -0.1) is 10.2 Å². The molecule has 0 radical (unpaired) electrons. The van der Waals surface area contributed by atoms with E-state index in [0.29, 0.717) is 16.5 Å². The third-order valence-corrected chi connectivity index (χ3v) is 4.46. The van der Waals surface area contributed by atoms with Crippen molar-refractivity contribution in [3.63, 3.8) is 0 Å². The predicted molar refractivity (Wildman–Crippen MR) is 80.8 cm³/mol. The molecule has 0 atom stereocenters. The summed E-state index contributed by atoms with van der Waals surface area (Å²) >= 11 is 5.78. The van der Waals surface area contributed by atoms with Crippen molar-refractivity contribution in [2.45, 2.75) is 37.7 Å². The fourth-order valence-electron chi connectivity index (χ4n) is 1.69. The summed E-state index contributed by atoms with van der Waals surface area (Å²) in [4.78, 5) is 0. The Hall–Kier alpha value is -1.40. The van der Waals surface area contributed by atoms with Gasteiger partial charge < -0.3 is 4.42 Å². The van der Waals surface area contributed by atoms with Gasteiger partial charge in [-0.1, -0.05) is 44.5 Å². The molecule has 0 unspecified atom stereocenters. The molecule has 1 aromatic carbocycles. The Balaban J connectivity index is 2.10. The number of halogens is 1. The first kappa shape index (κ1) is 16.0. The molecule has 0 aliphatic rings. The molecular formula is C14H17ClN2O3S. The van der Waals surface area contributed by atoms with E-state index < -0.39 is 9.84 Å². The van der Waals surface area contributed by atoms with Crippen LogP contribution >= 0.6 is 11.6 Å². The molecule has 0 aliphatic heterocycles. The van der Waals surface area contributed by atoms with Crippen molar-refractivity contribution in [2.75, 3.05) is 0 Å². The second-order valence-corrected chi connectivity index (χ2v) is 8.41. The molecule has 7 heteroatoms. The Labute approximate surface area is 129 Å². The number of nitrogens with zero attached hydrogens (tertiary/aromatic N) is 2. The Morgan fingerprint density at radius 3 is 2.24 bits per heavy atom. The van der Waals surface area contributed by atoms with Gasteiger partial charge >= 0.3 is 0 Å². The fraction of sp³-hybridized carbons (Fsp3) is 0.429. The van der Waals surface area contributed by atoms with Crippen molar-refractivity contribution in [3.8, 4) is 0 Å². The van der Waals surface area contributed by atoms with E-state index in [2.05, 4.69) is 10.2 Å². The van der Waals surface area contributed by atoms with Crippen LogP contribution in [0.1, 0.15) is 38.1 Å². The van der Waals surface area contributed by atoms with Gasteiger partial charge in [0.2, 0.25) is 11.8 Å². The van der Waals surface area contributed by atoms with Crippen molar-refractivity contribution in [2.24, 2.45) is 0 Å². The summed E-state index contributed by atoms with van der Waals surface area (Å²) in [5.41, 5.74) is 0.375. The molecule has 0 bridgehead atoms. The largest absolute Gasteiger partial charge is 0.424 e. The lowest BCUT2D eigenvalue weighted by Crippen LogP contribution is -2.11. The molecule has 2 aromatic rings. The molecule has 0 saturated heterocycles. The second-order valence-electron chi connectivity index (χ2n) is 5.91. The van der Waals surface area contributed by atoms with Gasteiger partial charge in [0.1, 0.15) is 5.75 Å². The Morgan fingerprint density at radius 1 is 1.10 bits per heavy atom. The molecule has 0 fully saturated rings. The van der Waals surface area contributed by atoms with Gasteiger partial charge in [0.25, 0.3) is 0 Å². The van der Waals surface area contributed by atoms with Crippen molar-refractivity contribution >= 4 is 21.4 Å². The predicted octanol–water partition coefficient (Wildman–Crippen LogP) is 3.14. The quantitative estimate of drug-likeness (QED) is 0.862. The first-order chi connectivity index (χ1) is 9.66. The summed E-state index contributed by atoms with van der Waals surface area (Å²) < 4.78 is 29.7. The van der Waals surface area contributed by atoms with E-state index in [1.807, 2.05) is 20.8 Å². The number of aromatic nitrogens is 2.